The lowest BCUT2D eigenvalue weighted by Crippen LogP contribution is -2.45. The van der Waals surface area contributed by atoms with E-state index in [4.69, 9.17) is 0 Å². The van der Waals surface area contributed by atoms with E-state index in [0.29, 0.717) is 0 Å². The molecule has 2 rings (SSSR count). The van der Waals surface area contributed by atoms with Crippen molar-refractivity contribution in [2.75, 3.05) is 13.1 Å². The second kappa shape index (κ2) is 5.31. The van der Waals surface area contributed by atoms with Gasteiger partial charge in [-0.15, -0.1) is 0 Å². The molecular formula is C13H22BrN3O. The minimum Gasteiger partial charge on any atom is -0.389 e. The maximum absolute atomic E-state index is 10.1. The van der Waals surface area contributed by atoms with E-state index in [1.165, 1.54) is 5.69 Å². The van der Waals surface area contributed by atoms with E-state index >= 15 is 0 Å². The average molecular weight is 316 g/mol. The number of aromatic nitrogens is 2. The van der Waals surface area contributed by atoms with Crippen LogP contribution in [0.5, 0.6) is 0 Å². The van der Waals surface area contributed by atoms with Crippen LogP contribution in [0, 0.1) is 6.92 Å². The molecule has 0 aliphatic carbocycles. The number of nitrogens with zero attached hydrogens (tertiary/aromatic N) is 3. The third kappa shape index (κ3) is 2.95. The van der Waals surface area contributed by atoms with Crippen molar-refractivity contribution in [2.24, 2.45) is 0 Å². The van der Waals surface area contributed by atoms with Gasteiger partial charge in [-0.25, -0.2) is 0 Å². The molecule has 1 aromatic rings. The fourth-order valence-corrected chi connectivity index (χ4v) is 3.10. The summed E-state index contributed by atoms with van der Waals surface area (Å²) < 4.78 is 3.15. The molecule has 0 amide bonds. The Morgan fingerprint density at radius 2 is 2.22 bits per heavy atom. The fraction of sp³-hybridized carbons (Fsp3) is 0.769. The number of aryl methyl sites for hydroxylation is 2. The third-order valence-corrected chi connectivity index (χ3v) is 4.61. The van der Waals surface area contributed by atoms with Crippen molar-refractivity contribution < 1.29 is 5.11 Å². The SMILES string of the molecule is CCn1nc(C)c(Br)c1CN1CCCC(C)(O)C1. The number of aliphatic hydroxyl groups is 1. The Morgan fingerprint density at radius 3 is 2.83 bits per heavy atom. The minimum absolute atomic E-state index is 0.545. The summed E-state index contributed by atoms with van der Waals surface area (Å²) in [7, 11) is 0. The third-order valence-electron chi connectivity index (χ3n) is 3.58. The lowest BCUT2D eigenvalue weighted by Gasteiger charge is -2.36. The van der Waals surface area contributed by atoms with Crippen molar-refractivity contribution >= 4 is 15.9 Å². The normalized spacial score (nSPS) is 25.6. The van der Waals surface area contributed by atoms with Crippen LogP contribution in [-0.2, 0) is 13.1 Å². The Kier molecular flexibility index (Phi) is 4.14. The monoisotopic (exact) mass is 315 g/mol. The fourth-order valence-electron chi connectivity index (χ4n) is 2.69. The Morgan fingerprint density at radius 1 is 1.50 bits per heavy atom. The molecule has 0 aromatic carbocycles. The van der Waals surface area contributed by atoms with E-state index in [1.807, 2.05) is 18.5 Å². The first kappa shape index (κ1) is 14.0. The predicted octanol–water partition coefficient (Wildman–Crippen LogP) is 2.32. The summed E-state index contributed by atoms with van der Waals surface area (Å²) in [5.74, 6) is 0. The molecule has 5 heteroatoms. The van der Waals surface area contributed by atoms with Gasteiger partial charge in [0, 0.05) is 19.6 Å². The lowest BCUT2D eigenvalue weighted by atomic mass is 9.95. The number of β-amino-alcohol motifs (C(OH)–C–C–N with tert-alkyl or cyclic N) is 1. The highest BCUT2D eigenvalue weighted by Crippen LogP contribution is 2.26. The van der Waals surface area contributed by atoms with Crippen LogP contribution in [0.2, 0.25) is 0 Å². The molecule has 1 N–H and O–H groups in total. The van der Waals surface area contributed by atoms with Gasteiger partial charge in [0.2, 0.25) is 0 Å². The van der Waals surface area contributed by atoms with Gasteiger partial charge >= 0.3 is 0 Å². The number of hydrogen-bond acceptors (Lipinski definition) is 3. The summed E-state index contributed by atoms with van der Waals surface area (Å²) in [6, 6.07) is 0. The smallest absolute Gasteiger partial charge is 0.0746 e. The summed E-state index contributed by atoms with van der Waals surface area (Å²) in [6.45, 7) is 9.58. The van der Waals surface area contributed by atoms with E-state index in [0.717, 1.165) is 49.2 Å². The van der Waals surface area contributed by atoms with Gasteiger partial charge in [-0.1, -0.05) is 0 Å². The number of hydrogen-bond donors (Lipinski definition) is 1. The molecule has 1 saturated heterocycles. The number of likely N-dealkylation sites (tertiary alicyclic amines) is 1. The van der Waals surface area contributed by atoms with Gasteiger partial charge in [0.25, 0.3) is 0 Å². The molecule has 0 saturated carbocycles. The van der Waals surface area contributed by atoms with Crippen molar-refractivity contribution in [3.05, 3.63) is 15.9 Å². The average Bonchev–Trinajstić information content (AvgIpc) is 2.55. The summed E-state index contributed by atoms with van der Waals surface area (Å²) >= 11 is 3.62. The van der Waals surface area contributed by atoms with E-state index in [-0.39, 0.29) is 0 Å². The molecule has 4 nitrogen and oxygen atoms in total. The van der Waals surface area contributed by atoms with E-state index in [1.54, 1.807) is 0 Å². The number of rotatable bonds is 3. The first-order valence-electron chi connectivity index (χ1n) is 6.59. The summed E-state index contributed by atoms with van der Waals surface area (Å²) in [6.07, 6.45) is 1.96. The van der Waals surface area contributed by atoms with Crippen LogP contribution in [-0.4, -0.2) is 38.5 Å². The van der Waals surface area contributed by atoms with Crippen LogP contribution in [0.15, 0.2) is 4.47 Å². The maximum atomic E-state index is 10.1. The molecule has 18 heavy (non-hydrogen) atoms. The highest BCUT2D eigenvalue weighted by atomic mass is 79.9. The van der Waals surface area contributed by atoms with Gasteiger partial charge in [-0.3, -0.25) is 9.58 Å². The molecule has 1 fully saturated rings. The summed E-state index contributed by atoms with van der Waals surface area (Å²) in [4.78, 5) is 2.32. The van der Waals surface area contributed by atoms with Crippen LogP contribution >= 0.6 is 15.9 Å². The zero-order valence-electron chi connectivity index (χ0n) is 11.4. The van der Waals surface area contributed by atoms with E-state index < -0.39 is 5.60 Å². The maximum Gasteiger partial charge on any atom is 0.0746 e. The van der Waals surface area contributed by atoms with Gasteiger partial charge in [0.1, 0.15) is 0 Å². The first-order chi connectivity index (χ1) is 8.43. The topological polar surface area (TPSA) is 41.3 Å². The largest absolute Gasteiger partial charge is 0.389 e. The second-order valence-electron chi connectivity index (χ2n) is 5.47. The Balaban J connectivity index is 2.14. The van der Waals surface area contributed by atoms with E-state index in [2.05, 4.69) is 32.9 Å². The van der Waals surface area contributed by atoms with Crippen LogP contribution in [0.4, 0.5) is 0 Å². The lowest BCUT2D eigenvalue weighted by molar-refractivity contribution is -0.0189. The molecule has 0 bridgehead atoms. The molecule has 1 aliphatic rings. The van der Waals surface area contributed by atoms with Crippen molar-refractivity contribution in [3.8, 4) is 0 Å². The minimum atomic E-state index is -0.545. The summed E-state index contributed by atoms with van der Waals surface area (Å²) in [5.41, 5.74) is 1.71. The standard InChI is InChI=1S/C13H22BrN3O/c1-4-17-11(12(14)10(2)15-17)8-16-7-5-6-13(3,18)9-16/h18H,4-9H2,1-3H3. The van der Waals surface area contributed by atoms with Crippen LogP contribution < -0.4 is 0 Å². The van der Waals surface area contributed by atoms with Crippen molar-refractivity contribution in [3.63, 3.8) is 0 Å². The molecule has 102 valence electrons. The first-order valence-corrected chi connectivity index (χ1v) is 7.39. The molecule has 1 atom stereocenters. The molecule has 1 unspecified atom stereocenters. The highest BCUT2D eigenvalue weighted by molar-refractivity contribution is 9.10. The van der Waals surface area contributed by atoms with Crippen LogP contribution in [0.1, 0.15) is 38.1 Å². The van der Waals surface area contributed by atoms with Gasteiger partial charge in [0.15, 0.2) is 0 Å². The van der Waals surface area contributed by atoms with Crippen molar-refractivity contribution in [2.45, 2.75) is 52.3 Å². The van der Waals surface area contributed by atoms with Gasteiger partial charge in [-0.05, 0) is 56.1 Å². The number of piperidine rings is 1. The van der Waals surface area contributed by atoms with Crippen LogP contribution in [0.25, 0.3) is 0 Å². The Bertz CT molecular complexity index is 428. The Labute approximate surface area is 117 Å². The molecule has 1 aliphatic heterocycles. The number of halogens is 1. The van der Waals surface area contributed by atoms with Gasteiger partial charge in [0.05, 0.1) is 21.5 Å². The van der Waals surface area contributed by atoms with Gasteiger partial charge < -0.3 is 5.11 Å². The van der Waals surface area contributed by atoms with Gasteiger partial charge in [-0.2, -0.15) is 5.10 Å². The summed E-state index contributed by atoms with van der Waals surface area (Å²) in [5, 5.41) is 14.7. The second-order valence-corrected chi connectivity index (χ2v) is 6.27. The zero-order chi connectivity index (χ0) is 13.3. The molecule has 2 heterocycles. The highest BCUT2D eigenvalue weighted by Gasteiger charge is 2.29. The molecular weight excluding hydrogens is 294 g/mol. The molecule has 1 aromatic heterocycles. The van der Waals surface area contributed by atoms with Crippen molar-refractivity contribution in [1.82, 2.24) is 14.7 Å². The van der Waals surface area contributed by atoms with Crippen LogP contribution in [0.3, 0.4) is 0 Å². The zero-order valence-corrected chi connectivity index (χ0v) is 13.0. The van der Waals surface area contributed by atoms with Crippen molar-refractivity contribution in [1.29, 1.82) is 0 Å². The quantitative estimate of drug-likeness (QED) is 0.930. The molecule has 0 spiro atoms. The molecule has 0 radical (unpaired) electrons. The predicted molar refractivity (Wildman–Crippen MR) is 75.5 cm³/mol. The van der Waals surface area contributed by atoms with E-state index in [9.17, 15) is 5.11 Å². The Hall–Kier alpha value is -0.390.